The summed E-state index contributed by atoms with van der Waals surface area (Å²) in [4.78, 5) is 16.5. The number of anilines is 1. The van der Waals surface area contributed by atoms with E-state index < -0.39 is 0 Å². The first-order valence-electron chi connectivity index (χ1n) is 10.6. The lowest BCUT2D eigenvalue weighted by Gasteiger charge is -2.21. The normalized spacial score (nSPS) is 18.0. The molecule has 2 rings (SSSR count). The number of carbonyl (C=O) groups excluding carboxylic acids is 1. The summed E-state index contributed by atoms with van der Waals surface area (Å²) in [6, 6.07) is 7.82. The molecule has 0 spiro atoms. The molecule has 0 aliphatic carbocycles. The quantitative estimate of drug-likeness (QED) is 0.412. The molecule has 2 atom stereocenters. The molecule has 29 heavy (non-hydrogen) atoms. The van der Waals surface area contributed by atoms with Crippen LogP contribution in [-0.4, -0.2) is 50.9 Å². The highest BCUT2D eigenvalue weighted by molar-refractivity contribution is 5.94. The smallest absolute Gasteiger partial charge is 0.253 e. The number of nitrogens with zero attached hydrogens (tertiary/aromatic N) is 1. The van der Waals surface area contributed by atoms with Crippen LogP contribution in [-0.2, 0) is 20.8 Å². The van der Waals surface area contributed by atoms with Crippen LogP contribution < -0.4 is 16.0 Å². The average molecular weight is 405 g/mol. The molecule has 0 saturated carbocycles. The Labute approximate surface area is 174 Å². The summed E-state index contributed by atoms with van der Waals surface area (Å²) in [5.74, 6) is 1.16. The van der Waals surface area contributed by atoms with E-state index in [0.717, 1.165) is 49.6 Å². The molecule has 1 amide bonds. The van der Waals surface area contributed by atoms with Crippen molar-refractivity contribution in [2.75, 3.05) is 32.1 Å². The molecule has 1 aliphatic heterocycles. The second-order valence-corrected chi connectivity index (χ2v) is 7.57. The largest absolute Gasteiger partial charge is 0.378 e. The van der Waals surface area contributed by atoms with Crippen molar-refractivity contribution in [3.8, 4) is 0 Å². The van der Waals surface area contributed by atoms with Gasteiger partial charge >= 0.3 is 0 Å². The molecular formula is C22H36N4O3. The van der Waals surface area contributed by atoms with Gasteiger partial charge in [0.2, 0.25) is 0 Å². The lowest BCUT2D eigenvalue weighted by atomic mass is 10.0. The molecule has 1 fully saturated rings. The van der Waals surface area contributed by atoms with Crippen LogP contribution in [0.3, 0.4) is 0 Å². The highest BCUT2D eigenvalue weighted by Gasteiger charge is 2.23. The topological polar surface area (TPSA) is 84.0 Å². The Balaban J connectivity index is 1.79. The summed E-state index contributed by atoms with van der Waals surface area (Å²) in [6.45, 7) is 9.19. The van der Waals surface area contributed by atoms with Gasteiger partial charge in [-0.1, -0.05) is 26.0 Å². The number of carbonyl (C=O) groups is 1. The minimum absolute atomic E-state index is 0.0703. The van der Waals surface area contributed by atoms with E-state index in [1.807, 2.05) is 31.2 Å². The van der Waals surface area contributed by atoms with Gasteiger partial charge in [-0.15, -0.1) is 0 Å². The SMILES string of the molecule is CCOC(CCNC(=NC)NCc1cccc(NC(=O)C2CCCO2)c1)C(C)C. The first kappa shape index (κ1) is 23.2. The molecule has 3 N–H and O–H groups in total. The van der Waals surface area contributed by atoms with Crippen molar-refractivity contribution in [3.05, 3.63) is 29.8 Å². The fourth-order valence-corrected chi connectivity index (χ4v) is 3.33. The minimum atomic E-state index is -0.328. The first-order valence-corrected chi connectivity index (χ1v) is 10.6. The molecule has 0 bridgehead atoms. The van der Waals surface area contributed by atoms with E-state index in [4.69, 9.17) is 9.47 Å². The van der Waals surface area contributed by atoms with Gasteiger partial charge in [0.25, 0.3) is 5.91 Å². The molecular weight excluding hydrogens is 368 g/mol. The monoisotopic (exact) mass is 404 g/mol. The van der Waals surface area contributed by atoms with Crippen LogP contribution in [0.2, 0.25) is 0 Å². The average Bonchev–Trinajstić information content (AvgIpc) is 3.25. The Hall–Kier alpha value is -2.12. The minimum Gasteiger partial charge on any atom is -0.378 e. The summed E-state index contributed by atoms with van der Waals surface area (Å²) in [6.07, 6.45) is 2.57. The number of ether oxygens (including phenoxy) is 2. The van der Waals surface area contributed by atoms with E-state index in [2.05, 4.69) is 34.8 Å². The second kappa shape index (κ2) is 12.4. The maximum absolute atomic E-state index is 12.2. The number of amides is 1. The summed E-state index contributed by atoms with van der Waals surface area (Å²) < 4.78 is 11.2. The highest BCUT2D eigenvalue weighted by atomic mass is 16.5. The summed E-state index contributed by atoms with van der Waals surface area (Å²) in [5, 5.41) is 9.60. The van der Waals surface area contributed by atoms with E-state index in [1.165, 1.54) is 0 Å². The molecule has 1 saturated heterocycles. The molecule has 7 heteroatoms. The van der Waals surface area contributed by atoms with Crippen LogP contribution in [0.1, 0.15) is 45.6 Å². The molecule has 7 nitrogen and oxygen atoms in total. The maximum atomic E-state index is 12.2. The third kappa shape index (κ3) is 8.03. The molecule has 162 valence electrons. The summed E-state index contributed by atoms with van der Waals surface area (Å²) in [5.41, 5.74) is 1.84. The predicted molar refractivity (Wildman–Crippen MR) is 117 cm³/mol. The van der Waals surface area contributed by atoms with E-state index in [9.17, 15) is 4.79 Å². The van der Waals surface area contributed by atoms with Crippen molar-refractivity contribution in [3.63, 3.8) is 0 Å². The van der Waals surface area contributed by atoms with Gasteiger partial charge in [-0.3, -0.25) is 9.79 Å². The van der Waals surface area contributed by atoms with Gasteiger partial charge in [0, 0.05) is 39.0 Å². The number of benzene rings is 1. The Morgan fingerprint density at radius 2 is 2.17 bits per heavy atom. The van der Waals surface area contributed by atoms with Crippen LogP contribution in [0.15, 0.2) is 29.3 Å². The molecule has 1 aliphatic rings. The van der Waals surface area contributed by atoms with Crippen LogP contribution in [0.4, 0.5) is 5.69 Å². The van der Waals surface area contributed by atoms with Gasteiger partial charge in [0.05, 0.1) is 6.10 Å². The Morgan fingerprint density at radius 1 is 1.34 bits per heavy atom. The van der Waals surface area contributed by atoms with E-state index in [0.29, 0.717) is 19.1 Å². The van der Waals surface area contributed by atoms with Crippen molar-refractivity contribution in [2.45, 2.75) is 58.8 Å². The predicted octanol–water partition coefficient (Wildman–Crippen LogP) is 2.92. The van der Waals surface area contributed by atoms with Crippen LogP contribution in [0, 0.1) is 5.92 Å². The Morgan fingerprint density at radius 3 is 2.83 bits per heavy atom. The fraction of sp³-hybridized carbons (Fsp3) is 0.636. The molecule has 1 heterocycles. The van der Waals surface area contributed by atoms with E-state index in [1.54, 1.807) is 7.05 Å². The lowest BCUT2D eigenvalue weighted by molar-refractivity contribution is -0.124. The van der Waals surface area contributed by atoms with Gasteiger partial charge in [0.15, 0.2) is 5.96 Å². The van der Waals surface area contributed by atoms with Gasteiger partial charge in [-0.25, -0.2) is 0 Å². The van der Waals surface area contributed by atoms with Crippen molar-refractivity contribution in [2.24, 2.45) is 10.9 Å². The standard InChI is InChI=1S/C22H36N4O3/c1-5-28-19(16(2)3)11-12-24-22(23-4)25-15-17-8-6-9-18(14-17)26-21(27)20-10-7-13-29-20/h6,8-9,14,16,19-20H,5,7,10-13,15H2,1-4H3,(H,26,27)(H2,23,24,25). The molecule has 0 radical (unpaired) electrons. The van der Waals surface area contributed by atoms with Crippen molar-refractivity contribution in [1.82, 2.24) is 10.6 Å². The third-order valence-electron chi connectivity index (χ3n) is 4.95. The molecule has 0 aromatic heterocycles. The third-order valence-corrected chi connectivity index (χ3v) is 4.95. The van der Waals surface area contributed by atoms with E-state index in [-0.39, 0.29) is 18.1 Å². The van der Waals surface area contributed by atoms with Gasteiger partial charge < -0.3 is 25.4 Å². The lowest BCUT2D eigenvalue weighted by Crippen LogP contribution is -2.39. The molecule has 1 aromatic carbocycles. The van der Waals surface area contributed by atoms with Crippen LogP contribution >= 0.6 is 0 Å². The second-order valence-electron chi connectivity index (χ2n) is 7.57. The zero-order valence-electron chi connectivity index (χ0n) is 18.2. The number of hydrogen-bond acceptors (Lipinski definition) is 4. The molecule has 2 unspecified atom stereocenters. The number of aliphatic imine (C=N–C) groups is 1. The summed E-state index contributed by atoms with van der Waals surface area (Å²) >= 11 is 0. The Kier molecular flexibility index (Phi) is 9.94. The number of rotatable bonds is 10. The zero-order valence-corrected chi connectivity index (χ0v) is 18.2. The van der Waals surface area contributed by atoms with Crippen molar-refractivity contribution >= 4 is 17.6 Å². The molecule has 1 aromatic rings. The number of nitrogens with one attached hydrogen (secondary N) is 3. The highest BCUT2D eigenvalue weighted by Crippen LogP contribution is 2.16. The van der Waals surface area contributed by atoms with E-state index >= 15 is 0 Å². The van der Waals surface area contributed by atoms with Crippen molar-refractivity contribution < 1.29 is 14.3 Å². The van der Waals surface area contributed by atoms with Crippen molar-refractivity contribution in [1.29, 1.82) is 0 Å². The first-order chi connectivity index (χ1) is 14.0. The van der Waals surface area contributed by atoms with Crippen LogP contribution in [0.25, 0.3) is 0 Å². The maximum Gasteiger partial charge on any atom is 0.253 e. The zero-order chi connectivity index (χ0) is 21.1. The van der Waals surface area contributed by atoms with Gasteiger partial charge in [-0.05, 0) is 49.8 Å². The van der Waals surface area contributed by atoms with Gasteiger partial charge in [0.1, 0.15) is 6.10 Å². The fourth-order valence-electron chi connectivity index (χ4n) is 3.33. The van der Waals surface area contributed by atoms with Crippen LogP contribution in [0.5, 0.6) is 0 Å². The summed E-state index contributed by atoms with van der Waals surface area (Å²) in [7, 11) is 1.76. The van der Waals surface area contributed by atoms with Gasteiger partial charge in [-0.2, -0.15) is 0 Å². The Bertz CT molecular complexity index is 657. The number of hydrogen-bond donors (Lipinski definition) is 3. The number of guanidine groups is 1.